The Morgan fingerprint density at radius 1 is 0.964 bits per heavy atom. The van der Waals surface area contributed by atoms with Gasteiger partial charge in [-0.15, -0.1) is 13.2 Å². The van der Waals surface area contributed by atoms with Gasteiger partial charge in [0.05, 0.1) is 13.2 Å². The second-order valence-corrected chi connectivity index (χ2v) is 5.70. The zero-order valence-electron chi connectivity index (χ0n) is 15.0. The van der Waals surface area contributed by atoms with Gasteiger partial charge in [-0.25, -0.2) is 9.97 Å². The third-order valence-electron chi connectivity index (χ3n) is 3.59. The quantitative estimate of drug-likeness (QED) is 0.452. The summed E-state index contributed by atoms with van der Waals surface area (Å²) in [4.78, 5) is 10.1. The van der Waals surface area contributed by atoms with E-state index < -0.39 is 6.36 Å². The van der Waals surface area contributed by atoms with Crippen LogP contribution < -0.4 is 15.4 Å². The zero-order valence-corrected chi connectivity index (χ0v) is 15.0. The van der Waals surface area contributed by atoms with Gasteiger partial charge in [0, 0.05) is 37.9 Å². The molecule has 0 fully saturated rings. The summed E-state index contributed by atoms with van der Waals surface area (Å²) in [7, 11) is 0. The lowest BCUT2D eigenvalue weighted by molar-refractivity contribution is -0.274. The highest BCUT2D eigenvalue weighted by atomic mass is 19.4. The number of halogens is 3. The van der Waals surface area contributed by atoms with Crippen LogP contribution in [0, 0.1) is 0 Å². The summed E-state index contributed by atoms with van der Waals surface area (Å²) in [5.41, 5.74) is 0.538. The Hall–Kier alpha value is -2.63. The smallest absolute Gasteiger partial charge is 0.406 e. The monoisotopic (exact) mass is 401 g/mol. The fraction of sp³-hybridized carbons (Fsp3) is 0.412. The molecule has 1 heterocycles. The van der Waals surface area contributed by atoms with Crippen molar-refractivity contribution in [3.63, 3.8) is 0 Å². The van der Waals surface area contributed by atoms with Crippen molar-refractivity contribution in [2.75, 3.05) is 50.0 Å². The number of anilines is 3. The van der Waals surface area contributed by atoms with Crippen LogP contribution in [0.25, 0.3) is 0 Å². The minimum Gasteiger partial charge on any atom is -0.406 e. The van der Waals surface area contributed by atoms with Crippen molar-refractivity contribution in [3.8, 4) is 5.75 Å². The molecule has 0 bridgehead atoms. The summed E-state index contributed by atoms with van der Waals surface area (Å²) < 4.78 is 40.4. The molecule has 0 saturated heterocycles. The average molecular weight is 401 g/mol. The average Bonchev–Trinajstić information content (AvgIpc) is 2.63. The molecule has 0 saturated carbocycles. The molecule has 0 unspecified atom stereocenters. The first kappa shape index (κ1) is 21.7. The number of aliphatic hydroxyl groups excluding tert-OH is 2. The number of hydrogen-bond donors (Lipinski definition) is 4. The van der Waals surface area contributed by atoms with Gasteiger partial charge < -0.3 is 25.6 Å². The number of benzene rings is 1. The molecule has 1 aromatic carbocycles. The number of aliphatic hydroxyl groups is 2. The van der Waals surface area contributed by atoms with E-state index >= 15 is 0 Å². The zero-order chi connectivity index (χ0) is 20.4. The van der Waals surface area contributed by atoms with E-state index in [9.17, 15) is 13.2 Å². The van der Waals surface area contributed by atoms with E-state index in [0.29, 0.717) is 43.5 Å². The minimum absolute atomic E-state index is 0.00831. The van der Waals surface area contributed by atoms with Gasteiger partial charge in [-0.3, -0.25) is 4.90 Å². The van der Waals surface area contributed by atoms with Crippen molar-refractivity contribution < 1.29 is 28.1 Å². The fourth-order valence-electron chi connectivity index (χ4n) is 2.37. The molecule has 0 atom stereocenters. The molecule has 0 amide bonds. The lowest BCUT2D eigenvalue weighted by Crippen LogP contribution is -2.34. The predicted molar refractivity (Wildman–Crippen MR) is 97.5 cm³/mol. The number of ether oxygens (including phenoxy) is 1. The number of hydrogen-bond acceptors (Lipinski definition) is 8. The number of aromatic nitrogens is 2. The molecule has 0 aliphatic rings. The molecule has 0 aliphatic carbocycles. The summed E-state index contributed by atoms with van der Waals surface area (Å²) in [6.07, 6.45) is -3.38. The van der Waals surface area contributed by atoms with E-state index in [-0.39, 0.29) is 19.0 Å². The predicted octanol–water partition coefficient (Wildman–Crippen LogP) is 1.82. The maximum Gasteiger partial charge on any atom is 0.573 e. The number of nitrogens with zero attached hydrogens (tertiary/aromatic N) is 3. The SMILES string of the molecule is OCCN(CCO)CCNc1cc(Nc2ccc(OC(F)(F)F)cc2)ncn1. The molecule has 2 aromatic rings. The fourth-order valence-corrected chi connectivity index (χ4v) is 2.37. The van der Waals surface area contributed by atoms with Gasteiger partial charge in [0.25, 0.3) is 0 Å². The van der Waals surface area contributed by atoms with Crippen LogP contribution >= 0.6 is 0 Å². The lowest BCUT2D eigenvalue weighted by Gasteiger charge is -2.20. The summed E-state index contributed by atoms with van der Waals surface area (Å²) >= 11 is 0. The number of nitrogens with one attached hydrogen (secondary N) is 2. The largest absolute Gasteiger partial charge is 0.573 e. The Kier molecular flexibility index (Phi) is 8.23. The van der Waals surface area contributed by atoms with Crippen molar-refractivity contribution in [2.45, 2.75) is 6.36 Å². The highest BCUT2D eigenvalue weighted by Crippen LogP contribution is 2.25. The second kappa shape index (κ2) is 10.6. The van der Waals surface area contributed by atoms with E-state index in [0.717, 1.165) is 0 Å². The summed E-state index contributed by atoms with van der Waals surface area (Å²) in [6.45, 7) is 2.09. The third kappa shape index (κ3) is 7.94. The van der Waals surface area contributed by atoms with Crippen LogP contribution in [0.4, 0.5) is 30.5 Å². The maximum absolute atomic E-state index is 12.2. The van der Waals surface area contributed by atoms with Crippen LogP contribution in [0.15, 0.2) is 36.7 Å². The van der Waals surface area contributed by atoms with Crippen LogP contribution in [0.1, 0.15) is 0 Å². The van der Waals surface area contributed by atoms with Crippen molar-refractivity contribution in [1.82, 2.24) is 14.9 Å². The van der Waals surface area contributed by atoms with Gasteiger partial charge in [0.15, 0.2) is 0 Å². The topological polar surface area (TPSA) is 103 Å². The molecule has 0 radical (unpaired) electrons. The van der Waals surface area contributed by atoms with Gasteiger partial charge in [-0.05, 0) is 24.3 Å². The third-order valence-corrected chi connectivity index (χ3v) is 3.59. The standard InChI is InChI=1S/C17H22F3N5O3/c18-17(19,20)28-14-3-1-13(2-4-14)24-16-11-15(22-12-23-16)21-5-6-25(7-9-26)8-10-27/h1-4,11-12,26-27H,5-10H2,(H2,21,22,23,24). The van der Waals surface area contributed by atoms with Gasteiger partial charge >= 0.3 is 6.36 Å². The molecular weight excluding hydrogens is 379 g/mol. The molecule has 1 aromatic heterocycles. The Labute approximate surface area is 160 Å². The molecule has 4 N–H and O–H groups in total. The van der Waals surface area contributed by atoms with E-state index in [1.807, 2.05) is 4.90 Å². The summed E-state index contributed by atoms with van der Waals surface area (Å²) in [5.74, 6) is 0.713. The normalized spacial score (nSPS) is 11.5. The van der Waals surface area contributed by atoms with E-state index in [4.69, 9.17) is 10.2 Å². The molecule has 2 rings (SSSR count). The first-order valence-electron chi connectivity index (χ1n) is 8.52. The Morgan fingerprint density at radius 3 is 2.21 bits per heavy atom. The number of alkyl halides is 3. The van der Waals surface area contributed by atoms with Crippen molar-refractivity contribution >= 4 is 17.3 Å². The van der Waals surface area contributed by atoms with Crippen LogP contribution in [0.5, 0.6) is 5.75 Å². The van der Waals surface area contributed by atoms with Gasteiger partial charge in [-0.2, -0.15) is 0 Å². The molecule has 11 heteroatoms. The van der Waals surface area contributed by atoms with Crippen molar-refractivity contribution in [2.24, 2.45) is 0 Å². The Balaban J connectivity index is 1.88. The van der Waals surface area contributed by atoms with Gasteiger partial charge in [-0.1, -0.05) is 0 Å². The van der Waals surface area contributed by atoms with Crippen LogP contribution in [-0.4, -0.2) is 70.8 Å². The number of rotatable bonds is 11. The molecule has 0 aliphatic heterocycles. The Bertz CT molecular complexity index is 710. The molecular formula is C17H22F3N5O3. The molecule has 28 heavy (non-hydrogen) atoms. The van der Waals surface area contributed by atoms with Crippen LogP contribution in [0.3, 0.4) is 0 Å². The van der Waals surface area contributed by atoms with Crippen molar-refractivity contribution in [1.29, 1.82) is 0 Å². The van der Waals surface area contributed by atoms with Crippen LogP contribution in [0.2, 0.25) is 0 Å². The highest BCUT2D eigenvalue weighted by molar-refractivity contribution is 5.59. The summed E-state index contributed by atoms with van der Waals surface area (Å²) in [5, 5.41) is 24.1. The molecule has 154 valence electrons. The minimum atomic E-state index is -4.73. The molecule has 0 spiro atoms. The highest BCUT2D eigenvalue weighted by Gasteiger charge is 2.30. The first-order chi connectivity index (χ1) is 13.4. The Morgan fingerprint density at radius 2 is 1.61 bits per heavy atom. The van der Waals surface area contributed by atoms with Crippen LogP contribution in [-0.2, 0) is 0 Å². The maximum atomic E-state index is 12.2. The second-order valence-electron chi connectivity index (χ2n) is 5.70. The van der Waals surface area contributed by atoms with E-state index in [1.54, 1.807) is 6.07 Å². The summed E-state index contributed by atoms with van der Waals surface area (Å²) in [6, 6.07) is 6.94. The van der Waals surface area contributed by atoms with E-state index in [2.05, 4.69) is 25.3 Å². The first-order valence-corrected chi connectivity index (χ1v) is 8.52. The lowest BCUT2D eigenvalue weighted by atomic mass is 10.3. The van der Waals surface area contributed by atoms with Gasteiger partial charge in [0.2, 0.25) is 0 Å². The van der Waals surface area contributed by atoms with E-state index in [1.165, 1.54) is 30.6 Å². The van der Waals surface area contributed by atoms with Gasteiger partial charge in [0.1, 0.15) is 23.7 Å². The van der Waals surface area contributed by atoms with Crippen molar-refractivity contribution in [3.05, 3.63) is 36.7 Å². The molecule has 8 nitrogen and oxygen atoms in total.